The van der Waals surface area contributed by atoms with Gasteiger partial charge in [0.2, 0.25) is 0 Å². The Bertz CT molecular complexity index is 786. The van der Waals surface area contributed by atoms with Crippen LogP contribution in [0.25, 0.3) is 0 Å². The lowest BCUT2D eigenvalue weighted by molar-refractivity contribution is -0.236. The lowest BCUT2D eigenvalue weighted by Crippen LogP contribution is -2.58. The summed E-state index contributed by atoms with van der Waals surface area (Å²) in [5.41, 5.74) is 0.853. The van der Waals surface area contributed by atoms with Crippen molar-refractivity contribution < 1.29 is 10.2 Å². The molecule has 0 fully saturated rings. The van der Waals surface area contributed by atoms with Crippen LogP contribution in [-0.4, -0.2) is 10.2 Å². The van der Waals surface area contributed by atoms with Gasteiger partial charge in [-0.25, -0.2) is 0 Å². The van der Waals surface area contributed by atoms with Crippen molar-refractivity contribution in [2.24, 2.45) is 0 Å². The molecule has 0 radical (unpaired) electrons. The summed E-state index contributed by atoms with van der Waals surface area (Å²) in [7, 11) is 0. The zero-order valence-corrected chi connectivity index (χ0v) is 15.6. The summed E-state index contributed by atoms with van der Waals surface area (Å²) in [5.74, 6) is -2.06. The minimum absolute atomic E-state index is 0.482. The third-order valence-electron chi connectivity index (χ3n) is 5.97. The van der Waals surface area contributed by atoms with Crippen LogP contribution in [0, 0.1) is 0 Å². The van der Waals surface area contributed by atoms with E-state index < -0.39 is 16.6 Å². The molecule has 0 heterocycles. The fourth-order valence-electron chi connectivity index (χ4n) is 3.87. The van der Waals surface area contributed by atoms with Crippen LogP contribution < -0.4 is 0 Å². The molecule has 26 heavy (non-hydrogen) atoms. The maximum atomic E-state index is 11.5. The van der Waals surface area contributed by atoms with Gasteiger partial charge in [0.15, 0.2) is 5.79 Å². The Morgan fingerprint density at radius 3 is 1.27 bits per heavy atom. The van der Waals surface area contributed by atoms with Gasteiger partial charge in [-0.2, -0.15) is 0 Å². The highest BCUT2D eigenvalue weighted by Crippen LogP contribution is 2.53. The Morgan fingerprint density at radius 1 is 0.500 bits per heavy atom. The number of hydrogen-bond donors (Lipinski definition) is 2. The monoisotopic (exact) mass is 346 g/mol. The van der Waals surface area contributed by atoms with Crippen LogP contribution >= 0.6 is 0 Å². The van der Waals surface area contributed by atoms with E-state index in [2.05, 4.69) is 13.8 Å². The molecule has 0 aromatic heterocycles. The van der Waals surface area contributed by atoms with Gasteiger partial charge in [-0.15, -0.1) is 0 Å². The molecule has 0 aliphatic rings. The molecule has 2 heteroatoms. The Balaban J connectivity index is 2.28. The van der Waals surface area contributed by atoms with Crippen molar-refractivity contribution in [3.63, 3.8) is 0 Å². The SMILES string of the molecule is CC(C)(c1ccccc1)C(C)(c1ccccc1)C(O)(O)c1ccccc1. The smallest absolute Gasteiger partial charge is 0.200 e. The highest BCUT2D eigenvalue weighted by Gasteiger charge is 2.57. The van der Waals surface area contributed by atoms with E-state index in [1.165, 1.54) is 0 Å². The Morgan fingerprint density at radius 2 is 0.846 bits per heavy atom. The molecule has 0 aliphatic heterocycles. The number of rotatable bonds is 5. The zero-order valence-electron chi connectivity index (χ0n) is 15.6. The van der Waals surface area contributed by atoms with Crippen molar-refractivity contribution in [2.75, 3.05) is 0 Å². The van der Waals surface area contributed by atoms with Crippen molar-refractivity contribution in [3.05, 3.63) is 108 Å². The summed E-state index contributed by atoms with van der Waals surface area (Å²) in [6.45, 7) is 6.07. The van der Waals surface area contributed by atoms with Crippen LogP contribution in [0.5, 0.6) is 0 Å². The minimum atomic E-state index is -2.06. The maximum Gasteiger partial charge on any atom is 0.200 e. The molecule has 3 aromatic rings. The van der Waals surface area contributed by atoms with Gasteiger partial charge in [-0.3, -0.25) is 0 Å². The van der Waals surface area contributed by atoms with E-state index in [9.17, 15) is 10.2 Å². The van der Waals surface area contributed by atoms with Gasteiger partial charge >= 0.3 is 0 Å². The standard InChI is InChI=1S/C24H26O2/c1-22(2,19-13-7-4-8-14-19)23(3,20-15-9-5-10-16-20)24(25,26)21-17-11-6-12-18-21/h4-18,25-26H,1-3H3. The van der Waals surface area contributed by atoms with E-state index in [0.717, 1.165) is 11.1 Å². The number of benzene rings is 3. The van der Waals surface area contributed by atoms with Crippen molar-refractivity contribution in [1.29, 1.82) is 0 Å². The predicted molar refractivity (Wildman–Crippen MR) is 106 cm³/mol. The van der Waals surface area contributed by atoms with Crippen LogP contribution in [0.3, 0.4) is 0 Å². The molecule has 0 saturated heterocycles. The number of hydrogen-bond acceptors (Lipinski definition) is 2. The fourth-order valence-corrected chi connectivity index (χ4v) is 3.87. The Kier molecular flexibility index (Phi) is 4.74. The van der Waals surface area contributed by atoms with E-state index in [4.69, 9.17) is 0 Å². The molecule has 1 atom stereocenters. The normalized spacial score (nSPS) is 14.7. The van der Waals surface area contributed by atoms with Crippen LogP contribution in [0.4, 0.5) is 0 Å². The summed E-state index contributed by atoms with van der Waals surface area (Å²) in [6, 6.07) is 28.9. The first kappa shape index (κ1) is 18.4. The molecule has 3 aromatic carbocycles. The average molecular weight is 346 g/mol. The van der Waals surface area contributed by atoms with Crippen LogP contribution in [-0.2, 0) is 16.6 Å². The van der Waals surface area contributed by atoms with Gasteiger partial charge in [-0.1, -0.05) is 105 Å². The number of aliphatic hydroxyl groups is 2. The van der Waals surface area contributed by atoms with Gasteiger partial charge in [0, 0.05) is 11.0 Å². The third kappa shape index (κ3) is 2.76. The molecule has 0 amide bonds. The van der Waals surface area contributed by atoms with Crippen molar-refractivity contribution in [3.8, 4) is 0 Å². The van der Waals surface area contributed by atoms with Crippen LogP contribution in [0.2, 0.25) is 0 Å². The predicted octanol–water partition coefficient (Wildman–Crippen LogP) is 4.76. The Labute approximate surface area is 155 Å². The molecule has 2 nitrogen and oxygen atoms in total. The van der Waals surface area contributed by atoms with E-state index in [0.29, 0.717) is 5.56 Å². The Hall–Kier alpha value is -2.42. The van der Waals surface area contributed by atoms with Crippen LogP contribution in [0.1, 0.15) is 37.5 Å². The second-order valence-electron chi connectivity index (χ2n) is 7.52. The highest BCUT2D eigenvalue weighted by atomic mass is 16.5. The largest absolute Gasteiger partial charge is 0.361 e. The van der Waals surface area contributed by atoms with Crippen LogP contribution in [0.15, 0.2) is 91.0 Å². The van der Waals surface area contributed by atoms with E-state index >= 15 is 0 Å². The van der Waals surface area contributed by atoms with E-state index in [-0.39, 0.29) is 0 Å². The van der Waals surface area contributed by atoms with E-state index in [1.807, 2.05) is 85.8 Å². The minimum Gasteiger partial charge on any atom is -0.361 e. The summed E-state index contributed by atoms with van der Waals surface area (Å²) in [6.07, 6.45) is 0. The first-order valence-electron chi connectivity index (χ1n) is 8.93. The quantitative estimate of drug-likeness (QED) is 0.654. The molecule has 0 saturated carbocycles. The molecular formula is C24H26O2. The molecule has 0 bridgehead atoms. The zero-order chi connectivity index (χ0) is 18.8. The summed E-state index contributed by atoms with van der Waals surface area (Å²) >= 11 is 0. The van der Waals surface area contributed by atoms with Gasteiger partial charge in [0.05, 0.1) is 5.41 Å². The fraction of sp³-hybridized carbons (Fsp3) is 0.250. The van der Waals surface area contributed by atoms with Crippen molar-refractivity contribution >= 4 is 0 Å². The van der Waals surface area contributed by atoms with Crippen molar-refractivity contribution in [2.45, 2.75) is 37.4 Å². The van der Waals surface area contributed by atoms with Gasteiger partial charge in [0.1, 0.15) is 0 Å². The molecule has 0 aliphatic carbocycles. The summed E-state index contributed by atoms with van der Waals surface area (Å²) in [5, 5.41) is 23.0. The second kappa shape index (κ2) is 6.71. The lowest BCUT2D eigenvalue weighted by atomic mass is 9.55. The molecule has 2 N–H and O–H groups in total. The first-order valence-corrected chi connectivity index (χ1v) is 8.93. The van der Waals surface area contributed by atoms with Gasteiger partial charge in [0.25, 0.3) is 0 Å². The summed E-state index contributed by atoms with van der Waals surface area (Å²) < 4.78 is 0. The molecule has 3 rings (SSSR count). The first-order chi connectivity index (χ1) is 12.3. The second-order valence-corrected chi connectivity index (χ2v) is 7.52. The van der Waals surface area contributed by atoms with Gasteiger partial charge < -0.3 is 10.2 Å². The lowest BCUT2D eigenvalue weighted by Gasteiger charge is -2.52. The highest BCUT2D eigenvalue weighted by molar-refractivity contribution is 5.42. The molecule has 134 valence electrons. The summed E-state index contributed by atoms with van der Waals surface area (Å²) in [4.78, 5) is 0. The van der Waals surface area contributed by atoms with Crippen molar-refractivity contribution in [1.82, 2.24) is 0 Å². The van der Waals surface area contributed by atoms with Gasteiger partial charge in [-0.05, 0) is 18.1 Å². The maximum absolute atomic E-state index is 11.5. The van der Waals surface area contributed by atoms with E-state index in [1.54, 1.807) is 12.1 Å². The topological polar surface area (TPSA) is 40.5 Å². The third-order valence-corrected chi connectivity index (χ3v) is 5.97. The molecular weight excluding hydrogens is 320 g/mol. The average Bonchev–Trinajstić information content (AvgIpc) is 2.69. The molecule has 0 spiro atoms. The molecule has 1 unspecified atom stereocenters.